The van der Waals surface area contributed by atoms with Crippen molar-refractivity contribution in [1.29, 1.82) is 0 Å². The van der Waals surface area contributed by atoms with Crippen molar-refractivity contribution in [3.05, 3.63) is 71.8 Å². The largest absolute Gasteiger partial charge is 0.481 e. The summed E-state index contributed by atoms with van der Waals surface area (Å²) in [6.07, 6.45) is 8.85. The van der Waals surface area contributed by atoms with Gasteiger partial charge in [-0.25, -0.2) is 4.79 Å². The average Bonchev–Trinajstić information content (AvgIpc) is 3.31. The highest BCUT2D eigenvalue weighted by atomic mass is 16.5. The Morgan fingerprint density at radius 1 is 0.881 bits per heavy atom. The molecule has 0 spiro atoms. The van der Waals surface area contributed by atoms with Gasteiger partial charge in [-0.1, -0.05) is 86.9 Å². The predicted molar refractivity (Wildman–Crippen MR) is 160 cm³/mol. The standard InChI is InChI=1S/C33H42N2O7/c1-2-3-4-5-6-7-12-22-41-31(38)18-13-21-34-32(39)29(19-20-30(36)37)35-33(40)42-23-28-26-16-10-8-14-24(26)25-15-9-11-17-27(25)28/h7-12,14-17,28-29H,2-6,13,18-23H2,1H3,(H,34,39)(H,35,40)(H,36,37)/b12-7-. The van der Waals surface area contributed by atoms with Crippen molar-refractivity contribution < 1.29 is 33.8 Å². The minimum Gasteiger partial charge on any atom is -0.481 e. The van der Waals surface area contributed by atoms with Crippen LogP contribution in [0.15, 0.2) is 60.7 Å². The molecule has 9 heteroatoms. The summed E-state index contributed by atoms with van der Waals surface area (Å²) >= 11 is 0. The van der Waals surface area contributed by atoms with Crippen molar-refractivity contribution in [2.45, 2.75) is 76.7 Å². The molecule has 3 rings (SSSR count). The maximum atomic E-state index is 12.8. The molecule has 1 aliphatic rings. The third-order valence-corrected chi connectivity index (χ3v) is 7.19. The van der Waals surface area contributed by atoms with Crippen molar-refractivity contribution in [3.8, 4) is 11.1 Å². The molecule has 1 atom stereocenters. The molecule has 0 bridgehead atoms. The molecule has 0 heterocycles. The molecule has 0 aliphatic heterocycles. The van der Waals surface area contributed by atoms with Crippen molar-refractivity contribution in [1.82, 2.24) is 10.6 Å². The molecule has 2 aromatic rings. The van der Waals surface area contributed by atoms with Gasteiger partial charge in [-0.05, 0) is 47.9 Å². The number of fused-ring (bicyclic) bond motifs is 3. The summed E-state index contributed by atoms with van der Waals surface area (Å²) < 4.78 is 10.7. The molecule has 2 amide bonds. The summed E-state index contributed by atoms with van der Waals surface area (Å²) in [5, 5.41) is 14.3. The Labute approximate surface area is 247 Å². The van der Waals surface area contributed by atoms with Crippen molar-refractivity contribution in [3.63, 3.8) is 0 Å². The van der Waals surface area contributed by atoms with Crippen LogP contribution in [0.5, 0.6) is 0 Å². The van der Waals surface area contributed by atoms with Gasteiger partial charge < -0.3 is 25.2 Å². The van der Waals surface area contributed by atoms with Crippen molar-refractivity contribution >= 4 is 23.9 Å². The van der Waals surface area contributed by atoms with Crippen LogP contribution in [-0.4, -0.2) is 54.8 Å². The number of carbonyl (C=O) groups excluding carboxylic acids is 3. The van der Waals surface area contributed by atoms with E-state index in [1.807, 2.05) is 60.7 Å². The molecule has 0 aromatic heterocycles. The molecule has 0 radical (unpaired) electrons. The van der Waals surface area contributed by atoms with E-state index >= 15 is 0 Å². The van der Waals surface area contributed by atoms with Gasteiger partial charge in [0, 0.05) is 25.3 Å². The second kappa shape index (κ2) is 17.6. The molecule has 1 aliphatic carbocycles. The van der Waals surface area contributed by atoms with Crippen LogP contribution >= 0.6 is 0 Å². The van der Waals surface area contributed by atoms with Gasteiger partial charge in [0.25, 0.3) is 0 Å². The van der Waals surface area contributed by atoms with Gasteiger partial charge in [0.2, 0.25) is 5.91 Å². The zero-order valence-corrected chi connectivity index (χ0v) is 24.3. The maximum Gasteiger partial charge on any atom is 0.407 e. The van der Waals surface area contributed by atoms with Crippen LogP contribution in [0, 0.1) is 0 Å². The number of esters is 1. The quantitative estimate of drug-likeness (QED) is 0.117. The highest BCUT2D eigenvalue weighted by molar-refractivity contribution is 5.86. The zero-order chi connectivity index (χ0) is 30.2. The highest BCUT2D eigenvalue weighted by Gasteiger charge is 2.30. The van der Waals surface area contributed by atoms with Gasteiger partial charge in [-0.3, -0.25) is 14.4 Å². The van der Waals surface area contributed by atoms with E-state index < -0.39 is 24.0 Å². The molecule has 1 unspecified atom stereocenters. The Kier molecular flexibility index (Phi) is 13.6. The van der Waals surface area contributed by atoms with Crippen LogP contribution in [-0.2, 0) is 23.9 Å². The van der Waals surface area contributed by atoms with Crippen LogP contribution in [0.1, 0.15) is 81.8 Å². The van der Waals surface area contributed by atoms with E-state index in [1.54, 1.807) is 0 Å². The summed E-state index contributed by atoms with van der Waals surface area (Å²) in [5.74, 6) is -2.13. The Hall–Kier alpha value is -4.14. The number of hydrogen-bond acceptors (Lipinski definition) is 6. The molecule has 9 nitrogen and oxygen atoms in total. The summed E-state index contributed by atoms with van der Waals surface area (Å²) in [6, 6.07) is 14.8. The molecule has 226 valence electrons. The Bertz CT molecular complexity index is 1180. The molecule has 42 heavy (non-hydrogen) atoms. The van der Waals surface area contributed by atoms with Crippen LogP contribution in [0.4, 0.5) is 4.79 Å². The Morgan fingerprint density at radius 3 is 2.24 bits per heavy atom. The van der Waals surface area contributed by atoms with Gasteiger partial charge in [0.15, 0.2) is 0 Å². The number of carbonyl (C=O) groups is 4. The first-order chi connectivity index (χ1) is 20.4. The summed E-state index contributed by atoms with van der Waals surface area (Å²) in [6.45, 7) is 2.64. The van der Waals surface area contributed by atoms with Gasteiger partial charge in [0.1, 0.15) is 19.3 Å². The fraction of sp³-hybridized carbons (Fsp3) is 0.455. The Morgan fingerprint density at radius 2 is 1.57 bits per heavy atom. The minimum absolute atomic E-state index is 0.0727. The first kappa shape index (κ1) is 32.4. The lowest BCUT2D eigenvalue weighted by Gasteiger charge is -2.19. The monoisotopic (exact) mass is 578 g/mol. The molecule has 2 aromatic carbocycles. The normalized spacial score (nSPS) is 12.8. The predicted octanol–water partition coefficient (Wildman–Crippen LogP) is 5.72. The fourth-order valence-electron chi connectivity index (χ4n) is 4.97. The van der Waals surface area contributed by atoms with Gasteiger partial charge >= 0.3 is 18.0 Å². The average molecular weight is 579 g/mol. The van der Waals surface area contributed by atoms with E-state index in [0.717, 1.165) is 35.1 Å². The zero-order valence-electron chi connectivity index (χ0n) is 24.3. The second-order valence-corrected chi connectivity index (χ2v) is 10.4. The molecule has 0 fully saturated rings. The lowest BCUT2D eigenvalue weighted by atomic mass is 9.98. The van der Waals surface area contributed by atoms with Crippen LogP contribution in [0.3, 0.4) is 0 Å². The number of carboxylic acid groups (broad SMARTS) is 1. The van der Waals surface area contributed by atoms with Crippen LogP contribution in [0.25, 0.3) is 11.1 Å². The number of unbranched alkanes of at least 4 members (excludes halogenated alkanes) is 4. The van der Waals surface area contributed by atoms with E-state index in [0.29, 0.717) is 6.42 Å². The lowest BCUT2D eigenvalue weighted by molar-refractivity contribution is -0.142. The van der Waals surface area contributed by atoms with Crippen LogP contribution < -0.4 is 10.6 Å². The van der Waals surface area contributed by atoms with Gasteiger partial charge in [-0.2, -0.15) is 0 Å². The van der Waals surface area contributed by atoms with E-state index in [-0.39, 0.29) is 50.9 Å². The van der Waals surface area contributed by atoms with Gasteiger partial charge in [0.05, 0.1) is 0 Å². The minimum atomic E-state index is -1.09. The molecular formula is C33H42N2O7. The third-order valence-electron chi connectivity index (χ3n) is 7.19. The third kappa shape index (κ3) is 10.4. The number of amides is 2. The summed E-state index contributed by atoms with van der Waals surface area (Å²) in [7, 11) is 0. The van der Waals surface area contributed by atoms with E-state index in [1.165, 1.54) is 19.3 Å². The van der Waals surface area contributed by atoms with E-state index in [4.69, 9.17) is 14.6 Å². The fourth-order valence-corrected chi connectivity index (χ4v) is 4.97. The number of ether oxygens (including phenoxy) is 2. The lowest BCUT2D eigenvalue weighted by Crippen LogP contribution is -2.47. The topological polar surface area (TPSA) is 131 Å². The van der Waals surface area contributed by atoms with Crippen molar-refractivity contribution in [2.24, 2.45) is 0 Å². The second-order valence-electron chi connectivity index (χ2n) is 10.4. The first-order valence-electron chi connectivity index (χ1n) is 14.8. The summed E-state index contributed by atoms with van der Waals surface area (Å²) in [5.41, 5.74) is 4.31. The summed E-state index contributed by atoms with van der Waals surface area (Å²) in [4.78, 5) is 48.5. The number of hydrogen-bond donors (Lipinski definition) is 3. The number of aliphatic carboxylic acids is 1. The first-order valence-corrected chi connectivity index (χ1v) is 14.8. The number of allylic oxidation sites excluding steroid dienone is 1. The van der Waals surface area contributed by atoms with E-state index in [9.17, 15) is 19.2 Å². The number of benzene rings is 2. The molecular weight excluding hydrogens is 536 g/mol. The van der Waals surface area contributed by atoms with E-state index in [2.05, 4.69) is 17.6 Å². The highest BCUT2D eigenvalue weighted by Crippen LogP contribution is 2.44. The Balaban J connectivity index is 1.41. The van der Waals surface area contributed by atoms with Crippen molar-refractivity contribution in [2.75, 3.05) is 19.8 Å². The molecule has 0 saturated heterocycles. The molecule has 0 saturated carbocycles. The number of alkyl carbamates (subject to hydrolysis) is 1. The number of carboxylic acids is 1. The SMILES string of the molecule is CCCCCC/C=C\COC(=O)CCCNC(=O)C(CCC(=O)O)NC(=O)OCC1c2ccccc2-c2ccccc21. The number of nitrogens with one attached hydrogen (secondary N) is 2. The van der Waals surface area contributed by atoms with Gasteiger partial charge in [-0.15, -0.1) is 0 Å². The smallest absolute Gasteiger partial charge is 0.407 e. The number of rotatable bonds is 18. The molecule has 3 N–H and O–H groups in total. The maximum absolute atomic E-state index is 12.8. The van der Waals surface area contributed by atoms with Crippen LogP contribution in [0.2, 0.25) is 0 Å².